The van der Waals surface area contributed by atoms with Crippen molar-refractivity contribution < 1.29 is 9.18 Å². The van der Waals surface area contributed by atoms with Crippen LogP contribution in [0.1, 0.15) is 59.3 Å². The number of alkyl halides is 1. The summed E-state index contributed by atoms with van der Waals surface area (Å²) in [4.78, 5) is 18.9. The highest BCUT2D eigenvalue weighted by Crippen LogP contribution is 2.39. The van der Waals surface area contributed by atoms with Crippen molar-refractivity contribution in [2.24, 2.45) is 0 Å². The number of fused-ring (bicyclic) bond motifs is 2. The lowest BCUT2D eigenvalue weighted by Crippen LogP contribution is -2.40. The van der Waals surface area contributed by atoms with Crippen LogP contribution in [0, 0.1) is 0 Å². The molecule has 1 unspecified atom stereocenters. The predicted octanol–water partition coefficient (Wildman–Crippen LogP) is 2.70. The van der Waals surface area contributed by atoms with E-state index in [1.54, 1.807) is 15.8 Å². The van der Waals surface area contributed by atoms with Crippen LogP contribution < -0.4 is 0 Å². The van der Waals surface area contributed by atoms with Gasteiger partial charge in [-0.3, -0.25) is 9.48 Å². The van der Waals surface area contributed by atoms with Crippen LogP contribution in [0.5, 0.6) is 0 Å². The fourth-order valence-electron chi connectivity index (χ4n) is 4.04. The van der Waals surface area contributed by atoms with Crippen molar-refractivity contribution in [3.63, 3.8) is 0 Å². The minimum absolute atomic E-state index is 0.0634. The Labute approximate surface area is 155 Å². The average Bonchev–Trinajstić information content (AvgIpc) is 3.38. The first-order valence-corrected chi connectivity index (χ1v) is 9.09. The zero-order valence-electron chi connectivity index (χ0n) is 14.9. The molecule has 0 N–H and O–H groups in total. The molecule has 2 aliphatic rings. The molecule has 5 rings (SSSR count). The topological polar surface area (TPSA) is 68.8 Å². The van der Waals surface area contributed by atoms with E-state index < -0.39 is 6.17 Å². The number of benzene rings is 1. The molecule has 0 aliphatic carbocycles. The van der Waals surface area contributed by atoms with Gasteiger partial charge in [-0.2, -0.15) is 5.10 Å². The molecule has 1 amide bonds. The monoisotopic (exact) mass is 366 g/mol. The average molecular weight is 366 g/mol. The van der Waals surface area contributed by atoms with Crippen molar-refractivity contribution in [3.05, 3.63) is 65.5 Å². The molecular formula is C19H19FN6O. The number of carbonyl (C=O) groups is 1. The van der Waals surface area contributed by atoms with E-state index in [0.29, 0.717) is 19.5 Å². The fourth-order valence-corrected chi connectivity index (χ4v) is 4.04. The van der Waals surface area contributed by atoms with Crippen LogP contribution in [0.15, 0.2) is 42.6 Å². The summed E-state index contributed by atoms with van der Waals surface area (Å²) in [6, 6.07) is 11.4. The zero-order valence-corrected chi connectivity index (χ0v) is 14.9. The number of rotatable bonds is 2. The van der Waals surface area contributed by atoms with Crippen LogP contribution >= 0.6 is 0 Å². The highest BCUT2D eigenvalue weighted by molar-refractivity contribution is 5.90. The second kappa shape index (κ2) is 6.00. The quantitative estimate of drug-likeness (QED) is 0.699. The minimum atomic E-state index is -1.22. The summed E-state index contributed by atoms with van der Waals surface area (Å²) in [5.41, 5.74) is 1.94. The van der Waals surface area contributed by atoms with Gasteiger partial charge in [0.05, 0.1) is 24.3 Å². The van der Waals surface area contributed by atoms with E-state index in [4.69, 9.17) is 0 Å². The number of carbonyl (C=O) groups excluding carboxylic acids is 1. The third-order valence-corrected chi connectivity index (χ3v) is 5.33. The summed E-state index contributed by atoms with van der Waals surface area (Å²) >= 11 is 0. The summed E-state index contributed by atoms with van der Waals surface area (Å²) in [6.07, 6.45) is 0.820. The van der Waals surface area contributed by atoms with Crippen LogP contribution in [0.25, 0.3) is 0 Å². The molecule has 0 saturated carbocycles. The van der Waals surface area contributed by atoms with Gasteiger partial charge in [0.15, 0.2) is 12.0 Å². The largest absolute Gasteiger partial charge is 0.328 e. The Bertz CT molecular complexity index is 997. The van der Waals surface area contributed by atoms with Crippen LogP contribution in [-0.4, -0.2) is 41.9 Å². The van der Waals surface area contributed by atoms with Crippen molar-refractivity contribution in [1.29, 1.82) is 0 Å². The third-order valence-electron chi connectivity index (χ3n) is 5.33. The van der Waals surface area contributed by atoms with Gasteiger partial charge in [-0.15, -0.1) is 5.10 Å². The van der Waals surface area contributed by atoms with Crippen molar-refractivity contribution in [3.8, 4) is 0 Å². The third kappa shape index (κ3) is 2.55. The molecule has 1 aromatic carbocycles. The zero-order chi connectivity index (χ0) is 18.5. The second-order valence-corrected chi connectivity index (χ2v) is 7.17. The summed E-state index contributed by atoms with van der Waals surface area (Å²) in [6.45, 7) is 2.99. The Balaban J connectivity index is 1.44. The molecule has 2 aromatic heterocycles. The number of aromatic nitrogens is 5. The van der Waals surface area contributed by atoms with Crippen LogP contribution in [0.3, 0.4) is 0 Å². The number of amides is 1. The molecule has 2 aliphatic heterocycles. The minimum Gasteiger partial charge on any atom is -0.328 e. The van der Waals surface area contributed by atoms with E-state index in [2.05, 4.69) is 15.2 Å². The maximum Gasteiger partial charge on any atom is 0.293 e. The molecule has 8 heteroatoms. The molecule has 0 spiro atoms. The standard InChI is InChI=1S/C19H19FN6O/c1-12-10-24(11-14-7-8-21-25(12)14)19(27)17-22-18-15(20)9-16(26(18)23-17)13-5-3-2-4-6-13/h2-8,12,15-16H,9-11H2,1H3/t12?,15-,16-/m0/s1. The molecule has 3 atom stereocenters. The van der Waals surface area contributed by atoms with Crippen LogP contribution in [0.4, 0.5) is 4.39 Å². The number of nitrogens with zero attached hydrogens (tertiary/aromatic N) is 6. The molecule has 0 fully saturated rings. The smallest absolute Gasteiger partial charge is 0.293 e. The SMILES string of the molecule is CC1CN(C(=O)c2nc3n(n2)[C@H](c2ccccc2)C[C@@H]3F)Cc2ccnn21. The van der Waals surface area contributed by atoms with Crippen molar-refractivity contribution >= 4 is 5.91 Å². The van der Waals surface area contributed by atoms with E-state index in [9.17, 15) is 9.18 Å². The maximum absolute atomic E-state index is 14.5. The first kappa shape index (κ1) is 16.2. The Kier molecular flexibility index (Phi) is 3.60. The van der Waals surface area contributed by atoms with E-state index >= 15 is 0 Å². The number of hydrogen-bond acceptors (Lipinski definition) is 4. The second-order valence-electron chi connectivity index (χ2n) is 7.17. The fraction of sp³-hybridized carbons (Fsp3) is 0.368. The summed E-state index contributed by atoms with van der Waals surface area (Å²) in [5.74, 6) is 0.0333. The molecule has 0 saturated heterocycles. The van der Waals surface area contributed by atoms with Gasteiger partial charge in [0.1, 0.15) is 0 Å². The predicted molar refractivity (Wildman–Crippen MR) is 94.7 cm³/mol. The molecular weight excluding hydrogens is 347 g/mol. The Hall–Kier alpha value is -3.03. The number of hydrogen-bond donors (Lipinski definition) is 0. The highest BCUT2D eigenvalue weighted by Gasteiger charge is 2.37. The maximum atomic E-state index is 14.5. The van der Waals surface area contributed by atoms with Crippen molar-refractivity contribution in [2.45, 2.75) is 38.1 Å². The highest BCUT2D eigenvalue weighted by atomic mass is 19.1. The lowest BCUT2D eigenvalue weighted by molar-refractivity contribution is 0.0664. The van der Waals surface area contributed by atoms with Gasteiger partial charge in [-0.25, -0.2) is 14.1 Å². The van der Waals surface area contributed by atoms with E-state index in [-0.39, 0.29) is 29.6 Å². The first-order chi connectivity index (χ1) is 13.1. The lowest BCUT2D eigenvalue weighted by Gasteiger charge is -2.31. The molecule has 138 valence electrons. The van der Waals surface area contributed by atoms with Gasteiger partial charge in [0, 0.05) is 19.2 Å². The lowest BCUT2D eigenvalue weighted by atomic mass is 10.0. The Morgan fingerprint density at radius 2 is 2.00 bits per heavy atom. The van der Waals surface area contributed by atoms with Crippen LogP contribution in [0.2, 0.25) is 0 Å². The molecule has 0 bridgehead atoms. The van der Waals surface area contributed by atoms with E-state index in [0.717, 1.165) is 11.3 Å². The van der Waals surface area contributed by atoms with Crippen LogP contribution in [-0.2, 0) is 6.54 Å². The Morgan fingerprint density at radius 1 is 1.19 bits per heavy atom. The van der Waals surface area contributed by atoms with Gasteiger partial charge >= 0.3 is 0 Å². The summed E-state index contributed by atoms with van der Waals surface area (Å²) in [7, 11) is 0. The van der Waals surface area contributed by atoms with Gasteiger partial charge in [0.25, 0.3) is 5.91 Å². The van der Waals surface area contributed by atoms with Crippen molar-refractivity contribution in [1.82, 2.24) is 29.4 Å². The molecule has 27 heavy (non-hydrogen) atoms. The van der Waals surface area contributed by atoms with E-state index in [1.165, 1.54) is 0 Å². The molecule has 4 heterocycles. The van der Waals surface area contributed by atoms with Crippen molar-refractivity contribution in [2.75, 3.05) is 6.54 Å². The number of halogens is 1. The molecule has 7 nitrogen and oxygen atoms in total. The van der Waals surface area contributed by atoms with E-state index in [1.807, 2.05) is 48.0 Å². The van der Waals surface area contributed by atoms with Gasteiger partial charge in [0.2, 0.25) is 5.82 Å². The summed E-state index contributed by atoms with van der Waals surface area (Å²) < 4.78 is 18.0. The first-order valence-electron chi connectivity index (χ1n) is 9.09. The van der Waals surface area contributed by atoms with Gasteiger partial charge in [-0.05, 0) is 18.6 Å². The molecule has 0 radical (unpaired) electrons. The Morgan fingerprint density at radius 3 is 2.81 bits per heavy atom. The molecule has 3 aromatic rings. The normalized spacial score (nSPS) is 23.9. The summed E-state index contributed by atoms with van der Waals surface area (Å²) in [5, 5.41) is 8.69. The van der Waals surface area contributed by atoms with Gasteiger partial charge in [-0.1, -0.05) is 30.3 Å². The van der Waals surface area contributed by atoms with Gasteiger partial charge < -0.3 is 4.90 Å².